The molecule has 0 radical (unpaired) electrons. The molecule has 2 nitrogen and oxygen atoms in total. The number of nitrogens with one attached hydrogen (secondary N) is 1. The van der Waals surface area contributed by atoms with Crippen molar-refractivity contribution in [2.24, 2.45) is 5.92 Å². The van der Waals surface area contributed by atoms with Crippen molar-refractivity contribution in [3.63, 3.8) is 0 Å². The summed E-state index contributed by atoms with van der Waals surface area (Å²) in [5.41, 5.74) is 8.03. The minimum Gasteiger partial charge on any atom is -0.399 e. The van der Waals surface area contributed by atoms with E-state index in [-0.39, 0.29) is 0 Å². The summed E-state index contributed by atoms with van der Waals surface area (Å²) in [6.45, 7) is 4.57. The summed E-state index contributed by atoms with van der Waals surface area (Å²) in [4.78, 5) is 1.34. The molecule has 3 heteroatoms. The molecular weight excluding hydrogens is 228 g/mol. The minimum absolute atomic E-state index is 0.873. The van der Waals surface area contributed by atoms with Crippen molar-refractivity contribution >= 4 is 17.4 Å². The third-order valence-corrected chi connectivity index (χ3v) is 4.59. The number of nitrogens with two attached hydrogens (primary N) is 1. The quantitative estimate of drug-likeness (QED) is 0.637. The lowest BCUT2D eigenvalue weighted by Gasteiger charge is -2.22. The fourth-order valence-corrected chi connectivity index (χ4v) is 3.46. The number of hydrogen-bond donors (Lipinski definition) is 2. The highest BCUT2D eigenvalue weighted by atomic mass is 32.2. The van der Waals surface area contributed by atoms with Gasteiger partial charge in [-0.3, -0.25) is 0 Å². The molecule has 0 aliphatic carbocycles. The molecule has 1 aliphatic rings. The van der Waals surface area contributed by atoms with E-state index >= 15 is 0 Å². The van der Waals surface area contributed by atoms with Gasteiger partial charge in [-0.15, -0.1) is 11.8 Å². The van der Waals surface area contributed by atoms with Crippen molar-refractivity contribution in [1.29, 1.82) is 0 Å². The maximum Gasteiger partial charge on any atom is 0.0325 e. The van der Waals surface area contributed by atoms with Gasteiger partial charge in [0.15, 0.2) is 0 Å². The van der Waals surface area contributed by atoms with Crippen LogP contribution in [0.3, 0.4) is 0 Å². The molecule has 0 bridgehead atoms. The largest absolute Gasteiger partial charge is 0.399 e. The maximum atomic E-state index is 5.82. The van der Waals surface area contributed by atoms with Crippen molar-refractivity contribution in [2.75, 3.05) is 24.6 Å². The standard InChI is InChI=1S/C14H22N2S/c1-11-4-5-13(15)9-14(11)17-8-6-12-3-2-7-16-10-12/h4-5,9,12,16H,2-3,6-8,10,15H2,1H3. The fraction of sp³-hybridized carbons (Fsp3) is 0.571. The third kappa shape index (κ3) is 3.93. The van der Waals surface area contributed by atoms with E-state index in [1.165, 1.54) is 48.6 Å². The number of piperidine rings is 1. The van der Waals surface area contributed by atoms with Crippen LogP contribution in [-0.4, -0.2) is 18.8 Å². The molecule has 0 amide bonds. The van der Waals surface area contributed by atoms with Crippen LogP contribution in [0, 0.1) is 12.8 Å². The summed E-state index contributed by atoms with van der Waals surface area (Å²) in [5, 5.41) is 3.47. The zero-order valence-electron chi connectivity index (χ0n) is 10.5. The highest BCUT2D eigenvalue weighted by Crippen LogP contribution is 2.27. The number of nitrogen functional groups attached to an aromatic ring is 1. The molecule has 1 heterocycles. The molecular formula is C14H22N2S. The molecule has 3 N–H and O–H groups in total. The second kappa shape index (κ2) is 6.31. The number of benzene rings is 1. The summed E-state index contributed by atoms with van der Waals surface area (Å²) in [6, 6.07) is 6.18. The first kappa shape index (κ1) is 12.8. The summed E-state index contributed by atoms with van der Waals surface area (Å²) in [5.74, 6) is 2.08. The molecule has 0 spiro atoms. The van der Waals surface area contributed by atoms with Crippen LogP contribution in [0.15, 0.2) is 23.1 Å². The SMILES string of the molecule is Cc1ccc(N)cc1SCCC1CCCNC1. The van der Waals surface area contributed by atoms with Crippen LogP contribution < -0.4 is 11.1 Å². The lowest BCUT2D eigenvalue weighted by molar-refractivity contribution is 0.371. The van der Waals surface area contributed by atoms with Crippen molar-refractivity contribution in [3.05, 3.63) is 23.8 Å². The van der Waals surface area contributed by atoms with Gasteiger partial charge in [0.1, 0.15) is 0 Å². The summed E-state index contributed by atoms with van der Waals surface area (Å²) in [6.07, 6.45) is 4.04. The highest BCUT2D eigenvalue weighted by molar-refractivity contribution is 7.99. The fourth-order valence-electron chi connectivity index (χ4n) is 2.28. The number of rotatable bonds is 4. The lowest BCUT2D eigenvalue weighted by Crippen LogP contribution is -2.29. The van der Waals surface area contributed by atoms with Gasteiger partial charge in [-0.2, -0.15) is 0 Å². The Morgan fingerprint density at radius 2 is 2.35 bits per heavy atom. The predicted molar refractivity (Wildman–Crippen MR) is 76.5 cm³/mol. The first-order valence-electron chi connectivity index (χ1n) is 6.45. The van der Waals surface area contributed by atoms with E-state index in [1.807, 2.05) is 17.8 Å². The van der Waals surface area contributed by atoms with E-state index in [2.05, 4.69) is 24.4 Å². The van der Waals surface area contributed by atoms with Crippen LogP contribution in [0.4, 0.5) is 5.69 Å². The van der Waals surface area contributed by atoms with E-state index in [0.29, 0.717) is 0 Å². The average Bonchev–Trinajstić information content (AvgIpc) is 2.35. The molecule has 1 saturated heterocycles. The molecule has 0 aromatic heterocycles. The summed E-state index contributed by atoms with van der Waals surface area (Å²) < 4.78 is 0. The Hall–Kier alpha value is -0.670. The van der Waals surface area contributed by atoms with Gasteiger partial charge in [0.25, 0.3) is 0 Å². The zero-order chi connectivity index (χ0) is 12.1. The first-order valence-corrected chi connectivity index (χ1v) is 7.44. The number of hydrogen-bond acceptors (Lipinski definition) is 3. The number of aryl methyl sites for hydroxylation is 1. The Morgan fingerprint density at radius 1 is 1.47 bits per heavy atom. The molecule has 17 heavy (non-hydrogen) atoms. The average molecular weight is 250 g/mol. The second-order valence-electron chi connectivity index (χ2n) is 4.87. The van der Waals surface area contributed by atoms with Gasteiger partial charge in [-0.1, -0.05) is 6.07 Å². The van der Waals surface area contributed by atoms with Crippen LogP contribution in [-0.2, 0) is 0 Å². The summed E-state index contributed by atoms with van der Waals surface area (Å²) in [7, 11) is 0. The van der Waals surface area contributed by atoms with E-state index in [1.54, 1.807) is 0 Å². The van der Waals surface area contributed by atoms with Gasteiger partial charge in [-0.05, 0) is 68.6 Å². The Labute approximate surface area is 108 Å². The lowest BCUT2D eigenvalue weighted by atomic mass is 9.97. The molecule has 0 saturated carbocycles. The Kier molecular flexibility index (Phi) is 4.75. The van der Waals surface area contributed by atoms with Crippen molar-refractivity contribution in [1.82, 2.24) is 5.32 Å². The number of thioether (sulfide) groups is 1. The Balaban J connectivity index is 1.79. The van der Waals surface area contributed by atoms with E-state index in [9.17, 15) is 0 Å². The van der Waals surface area contributed by atoms with Crippen LogP contribution in [0.1, 0.15) is 24.8 Å². The molecule has 1 fully saturated rings. The first-order chi connectivity index (χ1) is 8.25. The van der Waals surface area contributed by atoms with Crippen LogP contribution >= 0.6 is 11.8 Å². The molecule has 1 aromatic carbocycles. The third-order valence-electron chi connectivity index (χ3n) is 3.39. The van der Waals surface area contributed by atoms with Crippen molar-refractivity contribution in [2.45, 2.75) is 31.1 Å². The Bertz CT molecular complexity index is 359. The van der Waals surface area contributed by atoms with Gasteiger partial charge >= 0.3 is 0 Å². The molecule has 1 atom stereocenters. The minimum atomic E-state index is 0.873. The topological polar surface area (TPSA) is 38.0 Å². The molecule has 1 aromatic rings. The predicted octanol–water partition coefficient (Wildman–Crippen LogP) is 3.06. The van der Waals surface area contributed by atoms with Gasteiger partial charge < -0.3 is 11.1 Å². The molecule has 2 rings (SSSR count). The van der Waals surface area contributed by atoms with Gasteiger partial charge in [0.05, 0.1) is 0 Å². The molecule has 1 aliphatic heterocycles. The molecule has 94 valence electrons. The maximum absolute atomic E-state index is 5.82. The van der Waals surface area contributed by atoms with Gasteiger partial charge in [0.2, 0.25) is 0 Å². The smallest absolute Gasteiger partial charge is 0.0325 e. The normalized spacial score (nSPS) is 20.4. The van der Waals surface area contributed by atoms with E-state index in [4.69, 9.17) is 5.73 Å². The van der Waals surface area contributed by atoms with Crippen LogP contribution in [0.25, 0.3) is 0 Å². The summed E-state index contributed by atoms with van der Waals surface area (Å²) >= 11 is 1.95. The van der Waals surface area contributed by atoms with Gasteiger partial charge in [0, 0.05) is 10.6 Å². The highest BCUT2D eigenvalue weighted by Gasteiger charge is 2.12. The molecule has 1 unspecified atom stereocenters. The van der Waals surface area contributed by atoms with Crippen molar-refractivity contribution in [3.8, 4) is 0 Å². The zero-order valence-corrected chi connectivity index (χ0v) is 11.4. The van der Waals surface area contributed by atoms with E-state index < -0.39 is 0 Å². The monoisotopic (exact) mass is 250 g/mol. The second-order valence-corrected chi connectivity index (χ2v) is 6.01. The Morgan fingerprint density at radius 3 is 3.12 bits per heavy atom. The van der Waals surface area contributed by atoms with E-state index in [0.717, 1.165) is 11.6 Å². The van der Waals surface area contributed by atoms with Crippen LogP contribution in [0.5, 0.6) is 0 Å². The van der Waals surface area contributed by atoms with Crippen LogP contribution in [0.2, 0.25) is 0 Å². The number of anilines is 1. The van der Waals surface area contributed by atoms with Crippen molar-refractivity contribution < 1.29 is 0 Å². The van der Waals surface area contributed by atoms with Gasteiger partial charge in [-0.25, -0.2) is 0 Å².